The van der Waals surface area contributed by atoms with Gasteiger partial charge in [-0.2, -0.15) is 10.5 Å². The van der Waals surface area contributed by atoms with Crippen LogP contribution in [0.4, 0.5) is 5.69 Å². The van der Waals surface area contributed by atoms with Gasteiger partial charge in [-0.25, -0.2) is 9.83 Å². The quantitative estimate of drug-likeness (QED) is 0.197. The van der Waals surface area contributed by atoms with Crippen LogP contribution in [0.1, 0.15) is 16.7 Å². The van der Waals surface area contributed by atoms with Crippen molar-refractivity contribution in [2.45, 2.75) is 6.92 Å². The van der Waals surface area contributed by atoms with Crippen LogP contribution in [0.2, 0.25) is 0 Å². The van der Waals surface area contributed by atoms with Crippen molar-refractivity contribution in [2.75, 3.05) is 0 Å². The van der Waals surface area contributed by atoms with Crippen molar-refractivity contribution in [3.8, 4) is 34.9 Å². The number of benzene rings is 5. The zero-order valence-corrected chi connectivity index (χ0v) is 24.2. The first-order valence-electron chi connectivity index (χ1n) is 14.5. The Kier molecular flexibility index (Phi) is 5.75. The molecular weight excluding hydrogens is 552 g/mol. The molecule has 3 heterocycles. The van der Waals surface area contributed by atoms with Gasteiger partial charge < -0.3 is 0 Å². The minimum Gasteiger partial charge on any atom is -0.294 e. The van der Waals surface area contributed by atoms with E-state index in [4.69, 9.17) is 11.6 Å². The van der Waals surface area contributed by atoms with Crippen LogP contribution < -0.4 is 0 Å². The molecule has 0 unspecified atom stereocenters. The summed E-state index contributed by atoms with van der Waals surface area (Å²) in [5.41, 5.74) is 8.34. The maximum Gasteiger partial charge on any atom is 0.194 e. The van der Waals surface area contributed by atoms with E-state index in [0.29, 0.717) is 28.5 Å². The maximum atomic E-state index is 9.69. The van der Waals surface area contributed by atoms with Crippen LogP contribution in [0.3, 0.4) is 0 Å². The Morgan fingerprint density at radius 2 is 1.13 bits per heavy atom. The smallest absolute Gasteiger partial charge is 0.194 e. The number of nitriles is 2. The van der Waals surface area contributed by atoms with Crippen LogP contribution >= 0.6 is 0 Å². The summed E-state index contributed by atoms with van der Waals surface area (Å²) in [6.45, 7) is 9.96. The van der Waals surface area contributed by atoms with E-state index >= 15 is 0 Å². The van der Waals surface area contributed by atoms with E-state index in [1.807, 2.05) is 84.9 Å². The molecule has 0 amide bonds. The Hall–Kier alpha value is -6.68. The summed E-state index contributed by atoms with van der Waals surface area (Å²) in [6.07, 6.45) is 0. The molecule has 8 rings (SSSR count). The molecule has 0 bridgehead atoms. The fourth-order valence-electron chi connectivity index (χ4n) is 6.44. The van der Waals surface area contributed by atoms with Crippen molar-refractivity contribution in [2.24, 2.45) is 0 Å². The second-order valence-corrected chi connectivity index (χ2v) is 11.1. The van der Waals surface area contributed by atoms with E-state index in [-0.39, 0.29) is 0 Å². The highest BCUT2D eigenvalue weighted by atomic mass is 15.1. The summed E-state index contributed by atoms with van der Waals surface area (Å²) in [4.78, 5) is 9.16. The number of aryl methyl sites for hydroxylation is 1. The number of fused-ring (bicyclic) bond motifs is 6. The minimum atomic E-state index is 0.554. The van der Waals surface area contributed by atoms with Gasteiger partial charge in [0.15, 0.2) is 5.69 Å². The number of para-hydroxylation sites is 2. The highest BCUT2D eigenvalue weighted by Crippen LogP contribution is 2.38. The van der Waals surface area contributed by atoms with Gasteiger partial charge in [-0.3, -0.25) is 9.13 Å². The standard InChI is InChI=1S/C39H22N6/c1-24-11-14-35-30(17-24)32-19-26(23-41)13-16-37(32)45(35)39-21-27(28-7-3-5-9-33(28)42-2)20-38(43-39)44-34-10-6-4-8-29(34)31-18-25(22-40)12-15-36(31)44/h3-21H,1H3. The van der Waals surface area contributed by atoms with Crippen molar-refractivity contribution < 1.29 is 0 Å². The summed E-state index contributed by atoms with van der Waals surface area (Å²) in [5, 5.41) is 23.4. The second kappa shape index (κ2) is 9.96. The zero-order valence-electron chi connectivity index (χ0n) is 24.2. The number of aromatic nitrogens is 3. The van der Waals surface area contributed by atoms with E-state index in [9.17, 15) is 10.5 Å². The molecule has 45 heavy (non-hydrogen) atoms. The van der Waals surface area contributed by atoms with E-state index in [0.717, 1.165) is 60.3 Å². The van der Waals surface area contributed by atoms with Gasteiger partial charge >= 0.3 is 0 Å². The Morgan fingerprint density at radius 3 is 1.78 bits per heavy atom. The van der Waals surface area contributed by atoms with Gasteiger partial charge in [0.1, 0.15) is 11.6 Å². The lowest BCUT2D eigenvalue weighted by Crippen LogP contribution is -2.04. The average molecular weight is 575 g/mol. The fourth-order valence-corrected chi connectivity index (χ4v) is 6.44. The predicted octanol–water partition coefficient (Wildman–Crippen LogP) is 9.55. The molecule has 0 aliphatic heterocycles. The lowest BCUT2D eigenvalue weighted by atomic mass is 10.0. The van der Waals surface area contributed by atoms with Crippen molar-refractivity contribution in [3.63, 3.8) is 0 Å². The highest BCUT2D eigenvalue weighted by molar-refractivity contribution is 6.11. The molecule has 0 aliphatic carbocycles. The number of pyridine rings is 1. The van der Waals surface area contributed by atoms with Gasteiger partial charge in [0, 0.05) is 21.5 Å². The molecule has 208 valence electrons. The average Bonchev–Trinajstić information content (AvgIpc) is 3.59. The van der Waals surface area contributed by atoms with Gasteiger partial charge in [0.25, 0.3) is 0 Å². The second-order valence-electron chi connectivity index (χ2n) is 11.1. The van der Waals surface area contributed by atoms with Crippen molar-refractivity contribution in [1.29, 1.82) is 10.5 Å². The van der Waals surface area contributed by atoms with Gasteiger partial charge in [-0.05, 0) is 84.8 Å². The van der Waals surface area contributed by atoms with Crippen molar-refractivity contribution in [1.82, 2.24) is 14.1 Å². The van der Waals surface area contributed by atoms with Crippen LogP contribution in [0, 0.1) is 36.2 Å². The van der Waals surface area contributed by atoms with Gasteiger partial charge in [0.2, 0.25) is 0 Å². The first kappa shape index (κ1) is 26.0. The Balaban J connectivity index is 1.52. The van der Waals surface area contributed by atoms with E-state index in [1.165, 1.54) is 0 Å². The third-order valence-corrected chi connectivity index (χ3v) is 8.44. The summed E-state index contributed by atoms with van der Waals surface area (Å²) < 4.78 is 4.27. The van der Waals surface area contributed by atoms with Crippen LogP contribution in [0.25, 0.3) is 71.2 Å². The Labute approximate surface area is 258 Å². The molecule has 3 aromatic heterocycles. The third-order valence-electron chi connectivity index (χ3n) is 8.44. The number of rotatable bonds is 3. The highest BCUT2D eigenvalue weighted by Gasteiger charge is 2.19. The number of hydrogen-bond acceptors (Lipinski definition) is 3. The SMILES string of the molecule is [C-]#[N+]c1ccccc1-c1cc(-n2c3ccccc3c3cc(C#N)ccc32)nc(-n2c3ccc(C)cc3c3cc(C#N)ccc32)c1. The molecule has 0 fully saturated rings. The fraction of sp³-hybridized carbons (Fsp3) is 0.0256. The van der Waals surface area contributed by atoms with Gasteiger partial charge in [-0.1, -0.05) is 54.1 Å². The Bertz CT molecular complexity index is 2650. The summed E-state index contributed by atoms with van der Waals surface area (Å²) >= 11 is 0. The molecule has 5 aromatic carbocycles. The van der Waals surface area contributed by atoms with Crippen LogP contribution in [-0.4, -0.2) is 14.1 Å². The summed E-state index contributed by atoms with van der Waals surface area (Å²) in [5.74, 6) is 1.38. The molecule has 0 aliphatic rings. The molecule has 0 saturated heterocycles. The van der Waals surface area contributed by atoms with Gasteiger partial charge in [0.05, 0.1) is 51.9 Å². The molecule has 0 atom stereocenters. The van der Waals surface area contributed by atoms with Crippen molar-refractivity contribution in [3.05, 3.63) is 143 Å². The van der Waals surface area contributed by atoms with E-state index in [1.54, 1.807) is 0 Å². The maximum absolute atomic E-state index is 9.69. The summed E-state index contributed by atoms with van der Waals surface area (Å²) in [7, 11) is 0. The van der Waals surface area contributed by atoms with E-state index < -0.39 is 0 Å². The first-order valence-corrected chi connectivity index (χ1v) is 14.5. The monoisotopic (exact) mass is 574 g/mol. The number of hydrogen-bond donors (Lipinski definition) is 0. The zero-order chi connectivity index (χ0) is 30.7. The molecule has 0 radical (unpaired) electrons. The molecule has 6 nitrogen and oxygen atoms in total. The lowest BCUT2D eigenvalue weighted by molar-refractivity contribution is 1.01. The van der Waals surface area contributed by atoms with E-state index in [2.05, 4.69) is 63.4 Å². The van der Waals surface area contributed by atoms with Crippen LogP contribution in [0.15, 0.2) is 115 Å². The Morgan fingerprint density at radius 1 is 0.600 bits per heavy atom. The third kappa shape index (κ3) is 3.97. The van der Waals surface area contributed by atoms with Crippen LogP contribution in [-0.2, 0) is 0 Å². The topological polar surface area (TPSA) is 74.7 Å². The molecule has 8 aromatic rings. The molecular formula is C39H22N6. The van der Waals surface area contributed by atoms with Crippen LogP contribution in [0.5, 0.6) is 0 Å². The molecule has 6 heteroatoms. The lowest BCUT2D eigenvalue weighted by Gasteiger charge is -2.15. The molecule has 0 spiro atoms. The van der Waals surface area contributed by atoms with Crippen molar-refractivity contribution >= 4 is 49.3 Å². The first-order chi connectivity index (χ1) is 22.1. The predicted molar refractivity (Wildman–Crippen MR) is 179 cm³/mol. The van der Waals surface area contributed by atoms with Gasteiger partial charge in [-0.15, -0.1) is 0 Å². The molecule has 0 saturated carbocycles. The summed E-state index contributed by atoms with van der Waals surface area (Å²) in [6, 6.07) is 42.2. The largest absolute Gasteiger partial charge is 0.294 e. The molecule has 0 N–H and O–H groups in total. The number of nitrogens with zero attached hydrogens (tertiary/aromatic N) is 6. The minimum absolute atomic E-state index is 0.554. The normalized spacial score (nSPS) is 11.2.